The fraction of sp³-hybridized carbons (Fsp3) is 0.290. The molecule has 38 heavy (non-hydrogen) atoms. The zero-order valence-electron chi connectivity index (χ0n) is 21.6. The molecule has 0 bridgehead atoms. The van der Waals surface area contributed by atoms with Gasteiger partial charge in [-0.25, -0.2) is 4.79 Å². The van der Waals surface area contributed by atoms with Crippen LogP contribution < -0.4 is 4.90 Å². The van der Waals surface area contributed by atoms with Crippen LogP contribution in [0.2, 0.25) is 5.02 Å². The van der Waals surface area contributed by atoms with Crippen molar-refractivity contribution >= 4 is 46.3 Å². The normalized spacial score (nSPS) is 20.1. The number of halogens is 1. The number of hydrogen-bond donors (Lipinski definition) is 0. The number of amides is 1. The Hall–Kier alpha value is -3.77. The summed E-state index contributed by atoms with van der Waals surface area (Å²) in [5, 5.41) is 0.284. The van der Waals surface area contributed by atoms with Gasteiger partial charge in [-0.1, -0.05) is 74.0 Å². The number of benzene rings is 3. The van der Waals surface area contributed by atoms with E-state index in [1.165, 1.54) is 6.92 Å². The molecule has 3 aromatic rings. The van der Waals surface area contributed by atoms with Crippen LogP contribution in [-0.4, -0.2) is 23.4 Å². The lowest BCUT2D eigenvalue weighted by atomic mass is 9.68. The van der Waals surface area contributed by atoms with Crippen LogP contribution in [-0.2, 0) is 20.9 Å². The molecule has 6 nitrogen and oxygen atoms in total. The molecule has 1 aliphatic heterocycles. The second-order valence-electron chi connectivity index (χ2n) is 10.7. The topological polar surface area (TPSA) is 76.0 Å². The van der Waals surface area contributed by atoms with Crippen LogP contribution >= 0.6 is 11.6 Å². The lowest BCUT2D eigenvalue weighted by molar-refractivity contribution is -0.124. The zero-order chi connectivity index (χ0) is 27.0. The summed E-state index contributed by atoms with van der Waals surface area (Å²) in [7, 11) is 0. The molecule has 1 fully saturated rings. The summed E-state index contributed by atoms with van der Waals surface area (Å²) in [4.78, 5) is 46.2. The molecule has 2 atom stereocenters. The van der Waals surface area contributed by atoms with Crippen molar-refractivity contribution in [2.75, 3.05) is 4.90 Å². The Balaban J connectivity index is 1.55. The maximum atomic E-state index is 13.7. The van der Waals surface area contributed by atoms with Gasteiger partial charge in [0.05, 0.1) is 28.9 Å². The molecule has 3 aromatic carbocycles. The van der Waals surface area contributed by atoms with Crippen molar-refractivity contribution in [2.45, 2.75) is 46.3 Å². The Morgan fingerprint density at radius 2 is 1.74 bits per heavy atom. The van der Waals surface area contributed by atoms with E-state index in [0.29, 0.717) is 35.3 Å². The van der Waals surface area contributed by atoms with E-state index in [-0.39, 0.29) is 28.7 Å². The molecule has 2 unspecified atom stereocenters. The monoisotopic (exact) mass is 528 g/mol. The SMILES string of the molecule is CC(=O)N1c2ccccc2N=C2CC(C)(C)CC(=O)C2C1c1ccc(C(=O)OCc2ccccc2)cc1Cl. The molecule has 1 saturated carbocycles. The van der Waals surface area contributed by atoms with Crippen LogP contribution in [0.5, 0.6) is 0 Å². The number of carbonyl (C=O) groups is 3. The molecule has 194 valence electrons. The molecule has 0 spiro atoms. The molecule has 0 N–H and O–H groups in total. The second-order valence-corrected chi connectivity index (χ2v) is 11.1. The van der Waals surface area contributed by atoms with E-state index in [1.807, 2.05) is 54.6 Å². The zero-order valence-corrected chi connectivity index (χ0v) is 22.4. The summed E-state index contributed by atoms with van der Waals surface area (Å²) < 4.78 is 5.47. The first kappa shape index (κ1) is 25.9. The van der Waals surface area contributed by atoms with Gasteiger partial charge in [0.25, 0.3) is 0 Å². The van der Waals surface area contributed by atoms with E-state index in [4.69, 9.17) is 21.3 Å². The number of fused-ring (bicyclic) bond motifs is 2. The largest absolute Gasteiger partial charge is 0.457 e. The maximum Gasteiger partial charge on any atom is 0.338 e. The van der Waals surface area contributed by atoms with Crippen LogP contribution in [0.4, 0.5) is 11.4 Å². The van der Waals surface area contributed by atoms with Gasteiger partial charge in [0.15, 0.2) is 0 Å². The standard InChI is InChI=1S/C31H29ClN2O4/c1-19(35)34-26-12-8-7-11-24(26)33-25-16-31(2,3)17-27(36)28(25)29(34)22-14-13-21(15-23(22)32)30(37)38-18-20-9-5-4-6-10-20/h4-15,28-29H,16-18H2,1-3H3. The second kappa shape index (κ2) is 10.2. The van der Waals surface area contributed by atoms with E-state index in [1.54, 1.807) is 23.1 Å². The van der Waals surface area contributed by atoms with Gasteiger partial charge in [-0.05, 0) is 47.2 Å². The van der Waals surface area contributed by atoms with Crippen molar-refractivity contribution in [3.8, 4) is 0 Å². The highest BCUT2D eigenvalue weighted by molar-refractivity contribution is 6.32. The molecule has 0 saturated heterocycles. The number of Topliss-reactive ketones (excluding diaryl/α,β-unsaturated/α-hetero) is 1. The number of para-hydroxylation sites is 2. The van der Waals surface area contributed by atoms with Crippen molar-refractivity contribution in [3.63, 3.8) is 0 Å². The van der Waals surface area contributed by atoms with Crippen molar-refractivity contribution in [2.24, 2.45) is 16.3 Å². The van der Waals surface area contributed by atoms with Crippen LogP contribution in [0, 0.1) is 11.3 Å². The number of ketones is 1. The number of nitrogens with zero attached hydrogens (tertiary/aromatic N) is 2. The third kappa shape index (κ3) is 5.01. The quantitative estimate of drug-likeness (QED) is 0.346. The molecule has 2 aliphatic rings. The third-order valence-electron chi connectivity index (χ3n) is 7.12. The molecule has 1 heterocycles. The maximum absolute atomic E-state index is 13.7. The lowest BCUT2D eigenvalue weighted by Crippen LogP contribution is -2.47. The predicted molar refractivity (Wildman–Crippen MR) is 148 cm³/mol. The predicted octanol–water partition coefficient (Wildman–Crippen LogP) is 6.88. The molecular weight excluding hydrogens is 500 g/mol. The Morgan fingerprint density at radius 3 is 2.45 bits per heavy atom. The average molecular weight is 529 g/mol. The summed E-state index contributed by atoms with van der Waals surface area (Å²) in [5.41, 5.74) is 3.53. The third-order valence-corrected chi connectivity index (χ3v) is 7.45. The van der Waals surface area contributed by atoms with E-state index in [9.17, 15) is 14.4 Å². The fourth-order valence-electron chi connectivity index (χ4n) is 5.50. The van der Waals surface area contributed by atoms with Crippen molar-refractivity contribution in [3.05, 3.63) is 94.5 Å². The van der Waals surface area contributed by atoms with E-state index >= 15 is 0 Å². The van der Waals surface area contributed by atoms with Gasteiger partial charge in [0, 0.05) is 24.1 Å². The Bertz CT molecular complexity index is 1450. The summed E-state index contributed by atoms with van der Waals surface area (Å²) in [6, 6.07) is 21.0. The first-order valence-corrected chi connectivity index (χ1v) is 13.0. The van der Waals surface area contributed by atoms with E-state index in [0.717, 1.165) is 11.3 Å². The fourth-order valence-corrected chi connectivity index (χ4v) is 5.79. The van der Waals surface area contributed by atoms with Crippen molar-refractivity contribution in [1.29, 1.82) is 0 Å². The molecular formula is C31H29ClN2O4. The summed E-state index contributed by atoms with van der Waals surface area (Å²) in [6.07, 6.45) is 0.998. The van der Waals surface area contributed by atoms with E-state index in [2.05, 4.69) is 13.8 Å². The smallest absolute Gasteiger partial charge is 0.338 e. The summed E-state index contributed by atoms with van der Waals surface area (Å²) in [6.45, 7) is 5.74. The summed E-state index contributed by atoms with van der Waals surface area (Å²) in [5.74, 6) is -1.35. The Kier molecular flexibility index (Phi) is 6.93. The first-order chi connectivity index (χ1) is 18.1. The van der Waals surface area contributed by atoms with Gasteiger partial charge in [0.1, 0.15) is 12.4 Å². The van der Waals surface area contributed by atoms with Crippen LogP contribution in [0.15, 0.2) is 77.8 Å². The number of carbonyl (C=O) groups excluding carboxylic acids is 3. The van der Waals surface area contributed by atoms with Gasteiger partial charge in [-0.2, -0.15) is 0 Å². The minimum absolute atomic E-state index is 0.0199. The van der Waals surface area contributed by atoms with E-state index < -0.39 is 17.9 Å². The molecule has 1 amide bonds. The number of hydrogen-bond acceptors (Lipinski definition) is 5. The highest BCUT2D eigenvalue weighted by atomic mass is 35.5. The number of aliphatic imine (C=N–C) groups is 1. The van der Waals surface area contributed by atoms with Crippen molar-refractivity contribution < 1.29 is 19.1 Å². The molecule has 7 heteroatoms. The van der Waals surface area contributed by atoms with Crippen LogP contribution in [0.3, 0.4) is 0 Å². The van der Waals surface area contributed by atoms with Crippen LogP contribution in [0.25, 0.3) is 0 Å². The number of anilines is 1. The minimum atomic E-state index is -0.694. The molecule has 0 radical (unpaired) electrons. The van der Waals surface area contributed by atoms with Gasteiger partial charge in [-0.15, -0.1) is 0 Å². The van der Waals surface area contributed by atoms with Gasteiger partial charge < -0.3 is 9.64 Å². The van der Waals surface area contributed by atoms with Gasteiger partial charge in [-0.3, -0.25) is 14.6 Å². The molecule has 1 aliphatic carbocycles. The Morgan fingerprint density at radius 1 is 1.03 bits per heavy atom. The number of rotatable bonds is 4. The number of esters is 1. The minimum Gasteiger partial charge on any atom is -0.457 e. The first-order valence-electron chi connectivity index (χ1n) is 12.6. The molecule has 5 rings (SSSR count). The highest BCUT2D eigenvalue weighted by Gasteiger charge is 2.47. The Labute approximate surface area is 227 Å². The van der Waals surface area contributed by atoms with Gasteiger partial charge >= 0.3 is 5.97 Å². The average Bonchev–Trinajstić information content (AvgIpc) is 3.01. The molecule has 0 aromatic heterocycles. The lowest BCUT2D eigenvalue weighted by Gasteiger charge is -2.41. The highest BCUT2D eigenvalue weighted by Crippen LogP contribution is 2.49. The van der Waals surface area contributed by atoms with Crippen LogP contribution in [0.1, 0.15) is 61.1 Å². The number of ether oxygens (including phenoxy) is 1. The summed E-state index contributed by atoms with van der Waals surface area (Å²) >= 11 is 6.81. The van der Waals surface area contributed by atoms with Crippen molar-refractivity contribution in [1.82, 2.24) is 0 Å². The van der Waals surface area contributed by atoms with Gasteiger partial charge in [0.2, 0.25) is 5.91 Å².